The Hall–Kier alpha value is -2.91. The number of rotatable bonds is 7. The molecule has 0 bridgehead atoms. The van der Waals surface area contributed by atoms with Gasteiger partial charge in [-0.1, -0.05) is 18.2 Å². The van der Waals surface area contributed by atoms with Crippen LogP contribution in [0.15, 0.2) is 47.9 Å². The highest BCUT2D eigenvalue weighted by Crippen LogP contribution is 2.08. The van der Waals surface area contributed by atoms with Gasteiger partial charge in [0.15, 0.2) is 6.61 Å². The zero-order chi connectivity index (χ0) is 17.2. The lowest BCUT2D eigenvalue weighted by Gasteiger charge is -2.04. The fourth-order valence-electron chi connectivity index (χ4n) is 1.85. The van der Waals surface area contributed by atoms with Gasteiger partial charge in [-0.3, -0.25) is 4.79 Å². The maximum Gasteiger partial charge on any atom is 0.331 e. The predicted octanol–water partition coefficient (Wildman–Crippen LogP) is 2.54. The molecule has 0 aliphatic carbocycles. The smallest absolute Gasteiger partial charge is 0.331 e. The molecular weight excluding hydrogens is 324 g/mol. The Bertz CT molecular complexity index is 744. The van der Waals surface area contributed by atoms with E-state index in [9.17, 15) is 9.59 Å². The van der Waals surface area contributed by atoms with E-state index >= 15 is 0 Å². The number of amides is 1. The Morgan fingerprint density at radius 3 is 2.71 bits per heavy atom. The molecular formula is C18H16N2O3S. The van der Waals surface area contributed by atoms with Gasteiger partial charge in [0.25, 0.3) is 5.91 Å². The van der Waals surface area contributed by atoms with Crippen LogP contribution in [0.3, 0.4) is 0 Å². The van der Waals surface area contributed by atoms with E-state index in [0.29, 0.717) is 12.1 Å². The van der Waals surface area contributed by atoms with Crippen LogP contribution in [-0.2, 0) is 20.7 Å². The van der Waals surface area contributed by atoms with E-state index in [-0.39, 0.29) is 12.5 Å². The molecule has 24 heavy (non-hydrogen) atoms. The molecule has 1 aromatic carbocycles. The van der Waals surface area contributed by atoms with Crippen molar-refractivity contribution in [1.82, 2.24) is 5.32 Å². The van der Waals surface area contributed by atoms with Crippen LogP contribution in [-0.4, -0.2) is 25.0 Å². The maximum atomic E-state index is 11.6. The number of nitrogens with zero attached hydrogens (tertiary/aromatic N) is 1. The van der Waals surface area contributed by atoms with E-state index in [1.54, 1.807) is 41.7 Å². The number of hydrogen-bond acceptors (Lipinski definition) is 5. The predicted molar refractivity (Wildman–Crippen MR) is 92.2 cm³/mol. The summed E-state index contributed by atoms with van der Waals surface area (Å²) < 4.78 is 4.87. The first-order chi connectivity index (χ1) is 11.7. The second kappa shape index (κ2) is 9.28. The molecule has 6 heteroatoms. The molecule has 5 nitrogen and oxygen atoms in total. The normalized spacial score (nSPS) is 10.3. The third-order valence-corrected chi connectivity index (χ3v) is 4.01. The summed E-state index contributed by atoms with van der Waals surface area (Å²) in [7, 11) is 0. The Morgan fingerprint density at radius 2 is 2.04 bits per heavy atom. The third-order valence-electron chi connectivity index (χ3n) is 3.07. The number of esters is 1. The first kappa shape index (κ1) is 17.4. The quantitative estimate of drug-likeness (QED) is 0.620. The van der Waals surface area contributed by atoms with Crippen LogP contribution in [0.4, 0.5) is 0 Å². The zero-order valence-corrected chi connectivity index (χ0v) is 13.7. The minimum atomic E-state index is -0.590. The highest BCUT2D eigenvalue weighted by atomic mass is 32.1. The molecule has 0 saturated heterocycles. The van der Waals surface area contributed by atoms with Gasteiger partial charge < -0.3 is 10.1 Å². The fourth-order valence-corrected chi connectivity index (χ4v) is 2.56. The van der Waals surface area contributed by atoms with Gasteiger partial charge in [-0.15, -0.1) is 11.3 Å². The number of hydrogen-bond donors (Lipinski definition) is 1. The number of nitrogens with one attached hydrogen (secondary N) is 1. The molecule has 0 spiro atoms. The average Bonchev–Trinajstić information content (AvgIpc) is 3.12. The molecule has 1 amide bonds. The summed E-state index contributed by atoms with van der Waals surface area (Å²) in [5.74, 6) is -0.917. The zero-order valence-electron chi connectivity index (χ0n) is 12.9. The van der Waals surface area contributed by atoms with Gasteiger partial charge in [0.2, 0.25) is 0 Å². The Balaban J connectivity index is 1.67. The van der Waals surface area contributed by atoms with Crippen molar-refractivity contribution < 1.29 is 14.3 Å². The molecule has 0 aliphatic rings. The van der Waals surface area contributed by atoms with Crippen LogP contribution < -0.4 is 5.32 Å². The van der Waals surface area contributed by atoms with E-state index < -0.39 is 5.97 Å². The van der Waals surface area contributed by atoms with Crippen molar-refractivity contribution in [3.8, 4) is 6.07 Å². The van der Waals surface area contributed by atoms with E-state index in [2.05, 4.69) is 5.32 Å². The van der Waals surface area contributed by atoms with Crippen molar-refractivity contribution in [3.63, 3.8) is 0 Å². The molecule has 1 aromatic heterocycles. The highest BCUT2D eigenvalue weighted by molar-refractivity contribution is 7.09. The van der Waals surface area contributed by atoms with E-state index in [1.165, 1.54) is 11.0 Å². The molecule has 0 atom stereocenters. The molecule has 2 rings (SSSR count). The minimum absolute atomic E-state index is 0.305. The number of ether oxygens (including phenoxy) is 1. The first-order valence-corrected chi connectivity index (χ1v) is 8.19. The van der Waals surface area contributed by atoms with Crippen molar-refractivity contribution in [1.29, 1.82) is 5.26 Å². The highest BCUT2D eigenvalue weighted by Gasteiger charge is 2.04. The van der Waals surface area contributed by atoms with Crippen LogP contribution in [0.2, 0.25) is 0 Å². The Kier molecular flexibility index (Phi) is 6.74. The monoisotopic (exact) mass is 340 g/mol. The summed E-state index contributed by atoms with van der Waals surface area (Å²) in [6.45, 7) is 0.207. The molecule has 0 radical (unpaired) electrons. The number of thiophene rings is 1. The van der Waals surface area contributed by atoms with Gasteiger partial charge in [0.05, 0.1) is 11.6 Å². The number of carbonyl (C=O) groups excluding carboxylic acids is 2. The van der Waals surface area contributed by atoms with Gasteiger partial charge >= 0.3 is 5.97 Å². The van der Waals surface area contributed by atoms with Crippen molar-refractivity contribution in [3.05, 3.63) is 63.9 Å². The topological polar surface area (TPSA) is 79.2 Å². The molecule has 2 aromatic rings. The van der Waals surface area contributed by atoms with Crippen LogP contribution in [0.5, 0.6) is 0 Å². The van der Waals surface area contributed by atoms with Gasteiger partial charge in [-0.25, -0.2) is 4.79 Å². The van der Waals surface area contributed by atoms with Gasteiger partial charge in [-0.05, 0) is 41.6 Å². The van der Waals surface area contributed by atoms with Crippen molar-refractivity contribution in [2.24, 2.45) is 0 Å². The minimum Gasteiger partial charge on any atom is -0.452 e. The SMILES string of the molecule is N#Cc1ccc(/C=C/C(=O)OCC(=O)NCCc2cccs2)cc1. The summed E-state index contributed by atoms with van der Waals surface area (Å²) >= 11 is 1.64. The standard InChI is InChI=1S/C18H16N2O3S/c19-12-15-5-3-14(4-6-15)7-8-18(22)23-13-17(21)20-10-9-16-2-1-11-24-16/h1-8,11H,9-10,13H2,(H,20,21)/b8-7+. The lowest BCUT2D eigenvalue weighted by molar-refractivity contribution is -0.143. The molecule has 0 aliphatic heterocycles. The number of benzene rings is 1. The summed E-state index contributed by atoms with van der Waals surface area (Å²) in [5, 5.41) is 13.4. The van der Waals surface area contributed by atoms with Gasteiger partial charge in [0.1, 0.15) is 0 Å². The summed E-state index contributed by atoms with van der Waals surface area (Å²) in [6.07, 6.45) is 3.58. The third kappa shape index (κ3) is 6.07. The molecule has 0 fully saturated rings. The average molecular weight is 340 g/mol. The second-order valence-electron chi connectivity index (χ2n) is 4.85. The summed E-state index contributed by atoms with van der Waals surface area (Å²) in [6, 6.07) is 12.7. The number of carbonyl (C=O) groups is 2. The Labute approximate surface area is 144 Å². The fraction of sp³-hybridized carbons (Fsp3) is 0.167. The lowest BCUT2D eigenvalue weighted by atomic mass is 10.1. The lowest BCUT2D eigenvalue weighted by Crippen LogP contribution is -2.30. The van der Waals surface area contributed by atoms with Crippen LogP contribution in [0.1, 0.15) is 16.0 Å². The van der Waals surface area contributed by atoms with Crippen molar-refractivity contribution in [2.45, 2.75) is 6.42 Å². The van der Waals surface area contributed by atoms with E-state index in [4.69, 9.17) is 10.00 Å². The van der Waals surface area contributed by atoms with Crippen LogP contribution in [0.25, 0.3) is 6.08 Å². The molecule has 1 N–H and O–H groups in total. The van der Waals surface area contributed by atoms with E-state index in [1.807, 2.05) is 23.6 Å². The first-order valence-electron chi connectivity index (χ1n) is 7.31. The van der Waals surface area contributed by atoms with Crippen LogP contribution >= 0.6 is 11.3 Å². The largest absolute Gasteiger partial charge is 0.452 e. The Morgan fingerprint density at radius 1 is 1.25 bits per heavy atom. The van der Waals surface area contributed by atoms with Crippen molar-refractivity contribution >= 4 is 29.3 Å². The van der Waals surface area contributed by atoms with E-state index in [0.717, 1.165) is 12.0 Å². The summed E-state index contributed by atoms with van der Waals surface area (Å²) in [4.78, 5) is 24.3. The number of nitriles is 1. The molecule has 0 unspecified atom stereocenters. The van der Waals surface area contributed by atoms with Crippen LogP contribution in [0, 0.1) is 11.3 Å². The maximum absolute atomic E-state index is 11.6. The van der Waals surface area contributed by atoms with Gasteiger partial charge in [0, 0.05) is 17.5 Å². The molecule has 122 valence electrons. The summed E-state index contributed by atoms with van der Waals surface area (Å²) in [5.41, 5.74) is 1.32. The second-order valence-corrected chi connectivity index (χ2v) is 5.89. The van der Waals surface area contributed by atoms with Gasteiger partial charge in [-0.2, -0.15) is 5.26 Å². The van der Waals surface area contributed by atoms with Crippen molar-refractivity contribution in [2.75, 3.05) is 13.2 Å². The molecule has 1 heterocycles. The molecule has 0 saturated carbocycles.